The average Bonchev–Trinajstić information content (AvgIpc) is 2.65. The number of nitrogens with zero attached hydrogens (tertiary/aromatic N) is 1. The summed E-state index contributed by atoms with van der Waals surface area (Å²) >= 11 is 0. The van der Waals surface area contributed by atoms with Gasteiger partial charge in [0.1, 0.15) is 0 Å². The van der Waals surface area contributed by atoms with Crippen molar-refractivity contribution >= 4 is 5.91 Å². The van der Waals surface area contributed by atoms with Crippen LogP contribution in [-0.2, 0) is 0 Å². The number of rotatable bonds is 2. The third kappa shape index (κ3) is 2.55. The number of carbonyl (C=O) groups excluding carboxylic acids is 1. The van der Waals surface area contributed by atoms with Crippen LogP contribution in [0, 0.1) is 5.92 Å². The molecule has 1 heterocycles. The summed E-state index contributed by atoms with van der Waals surface area (Å²) in [6, 6.07) is 3.93. The van der Waals surface area contributed by atoms with Gasteiger partial charge in [0.05, 0.1) is 5.56 Å². The molecule has 0 bridgehead atoms. The van der Waals surface area contributed by atoms with E-state index < -0.39 is 0 Å². The normalized spacial score (nSPS) is 25.1. The van der Waals surface area contributed by atoms with E-state index >= 15 is 0 Å². The first-order valence-electron chi connectivity index (χ1n) is 5.46. The summed E-state index contributed by atoms with van der Waals surface area (Å²) in [4.78, 5) is 15.7. The molecule has 1 fully saturated rings. The zero-order valence-electron chi connectivity index (χ0n) is 8.94. The van der Waals surface area contributed by atoms with Crippen LogP contribution < -0.4 is 5.32 Å². The Morgan fingerprint density at radius 1 is 1.53 bits per heavy atom. The number of aromatic nitrogens is 1. The zero-order chi connectivity index (χ0) is 10.7. The molecule has 0 radical (unpaired) electrons. The Morgan fingerprint density at radius 2 is 2.40 bits per heavy atom. The van der Waals surface area contributed by atoms with Gasteiger partial charge in [-0.25, -0.2) is 0 Å². The smallest absolute Gasteiger partial charge is 0.253 e. The molecular formula is C12H16N2O. The molecule has 3 nitrogen and oxygen atoms in total. The van der Waals surface area contributed by atoms with Crippen LogP contribution >= 0.6 is 0 Å². The highest BCUT2D eigenvalue weighted by Gasteiger charge is 2.22. The van der Waals surface area contributed by atoms with Gasteiger partial charge in [-0.1, -0.05) is 6.92 Å². The minimum absolute atomic E-state index is 0.00204. The maximum atomic E-state index is 11.8. The van der Waals surface area contributed by atoms with E-state index in [4.69, 9.17) is 0 Å². The lowest BCUT2D eigenvalue weighted by atomic mass is 10.1. The van der Waals surface area contributed by atoms with Crippen LogP contribution in [0.5, 0.6) is 0 Å². The molecule has 2 atom stereocenters. The predicted octanol–water partition coefficient (Wildman–Crippen LogP) is 2.00. The van der Waals surface area contributed by atoms with E-state index in [1.54, 1.807) is 24.5 Å². The Kier molecular flexibility index (Phi) is 2.99. The van der Waals surface area contributed by atoms with Crippen molar-refractivity contribution < 1.29 is 4.79 Å². The third-order valence-electron chi connectivity index (χ3n) is 2.95. The van der Waals surface area contributed by atoms with E-state index in [9.17, 15) is 4.79 Å². The molecule has 0 saturated heterocycles. The summed E-state index contributed by atoms with van der Waals surface area (Å²) in [5.41, 5.74) is 0.650. The van der Waals surface area contributed by atoms with Crippen LogP contribution in [0.15, 0.2) is 24.5 Å². The maximum absolute atomic E-state index is 11.8. The molecule has 2 rings (SSSR count). The monoisotopic (exact) mass is 204 g/mol. The maximum Gasteiger partial charge on any atom is 0.253 e. The lowest BCUT2D eigenvalue weighted by Gasteiger charge is -2.11. The molecule has 1 aromatic heterocycles. The minimum Gasteiger partial charge on any atom is -0.349 e. The highest BCUT2D eigenvalue weighted by Crippen LogP contribution is 2.24. The number of carbonyl (C=O) groups is 1. The van der Waals surface area contributed by atoms with Crippen LogP contribution in [0.25, 0.3) is 0 Å². The quantitative estimate of drug-likeness (QED) is 0.800. The fraction of sp³-hybridized carbons (Fsp3) is 0.500. The zero-order valence-corrected chi connectivity index (χ0v) is 8.94. The third-order valence-corrected chi connectivity index (χ3v) is 2.95. The largest absolute Gasteiger partial charge is 0.349 e. The summed E-state index contributed by atoms with van der Waals surface area (Å²) in [6.07, 6.45) is 6.71. The first kappa shape index (κ1) is 10.1. The second-order valence-corrected chi connectivity index (χ2v) is 4.33. The second-order valence-electron chi connectivity index (χ2n) is 4.33. The van der Waals surface area contributed by atoms with Crippen molar-refractivity contribution in [1.82, 2.24) is 10.3 Å². The van der Waals surface area contributed by atoms with E-state index in [2.05, 4.69) is 17.2 Å². The van der Waals surface area contributed by atoms with Gasteiger partial charge in [-0.15, -0.1) is 0 Å². The predicted molar refractivity (Wildman–Crippen MR) is 58.5 cm³/mol. The van der Waals surface area contributed by atoms with Gasteiger partial charge < -0.3 is 5.32 Å². The van der Waals surface area contributed by atoms with Crippen LogP contribution in [0.1, 0.15) is 36.5 Å². The molecule has 1 N–H and O–H groups in total. The Morgan fingerprint density at radius 3 is 3.00 bits per heavy atom. The van der Waals surface area contributed by atoms with Crippen molar-refractivity contribution in [3.8, 4) is 0 Å². The molecule has 1 aliphatic carbocycles. The fourth-order valence-corrected chi connectivity index (χ4v) is 2.10. The topological polar surface area (TPSA) is 42.0 Å². The Bertz CT molecular complexity index is 337. The van der Waals surface area contributed by atoms with Gasteiger partial charge in [-0.2, -0.15) is 0 Å². The van der Waals surface area contributed by atoms with Gasteiger partial charge in [0.15, 0.2) is 0 Å². The first-order chi connectivity index (χ1) is 7.25. The van der Waals surface area contributed by atoms with Crippen molar-refractivity contribution in [1.29, 1.82) is 0 Å². The molecule has 1 aliphatic rings. The highest BCUT2D eigenvalue weighted by molar-refractivity contribution is 5.94. The summed E-state index contributed by atoms with van der Waals surface area (Å²) in [5, 5.41) is 3.05. The van der Waals surface area contributed by atoms with Gasteiger partial charge in [-0.3, -0.25) is 9.78 Å². The SMILES string of the molecule is CC1CCC(NC(=O)c2cccnc2)C1. The highest BCUT2D eigenvalue weighted by atomic mass is 16.1. The molecule has 0 spiro atoms. The molecule has 0 aliphatic heterocycles. The second kappa shape index (κ2) is 4.43. The van der Waals surface area contributed by atoms with E-state index in [1.165, 1.54) is 6.42 Å². The van der Waals surface area contributed by atoms with Crippen LogP contribution in [0.2, 0.25) is 0 Å². The number of nitrogens with one attached hydrogen (secondary N) is 1. The molecule has 1 aromatic rings. The van der Waals surface area contributed by atoms with Gasteiger partial charge in [0.2, 0.25) is 0 Å². The molecule has 1 saturated carbocycles. The lowest BCUT2D eigenvalue weighted by molar-refractivity contribution is 0.0937. The molecule has 2 unspecified atom stereocenters. The van der Waals surface area contributed by atoms with E-state index in [0.29, 0.717) is 11.6 Å². The van der Waals surface area contributed by atoms with Gasteiger partial charge in [0, 0.05) is 18.4 Å². The number of pyridine rings is 1. The Labute approximate surface area is 89.9 Å². The fourth-order valence-electron chi connectivity index (χ4n) is 2.10. The summed E-state index contributed by atoms with van der Waals surface area (Å²) in [5.74, 6) is 0.742. The van der Waals surface area contributed by atoms with Crippen molar-refractivity contribution in [2.45, 2.75) is 32.2 Å². The molecule has 1 amide bonds. The number of hydrogen-bond donors (Lipinski definition) is 1. The molecule has 15 heavy (non-hydrogen) atoms. The number of hydrogen-bond acceptors (Lipinski definition) is 2. The molecule has 3 heteroatoms. The van der Waals surface area contributed by atoms with Crippen molar-refractivity contribution in [2.24, 2.45) is 5.92 Å². The molecular weight excluding hydrogens is 188 g/mol. The van der Waals surface area contributed by atoms with Crippen LogP contribution in [0.3, 0.4) is 0 Å². The van der Waals surface area contributed by atoms with Gasteiger partial charge >= 0.3 is 0 Å². The minimum atomic E-state index is 0.00204. The summed E-state index contributed by atoms with van der Waals surface area (Å²) in [6.45, 7) is 2.23. The van der Waals surface area contributed by atoms with Crippen molar-refractivity contribution in [2.75, 3.05) is 0 Å². The molecule has 80 valence electrons. The Hall–Kier alpha value is -1.38. The van der Waals surface area contributed by atoms with Crippen LogP contribution in [0.4, 0.5) is 0 Å². The summed E-state index contributed by atoms with van der Waals surface area (Å²) < 4.78 is 0. The van der Waals surface area contributed by atoms with Gasteiger partial charge in [-0.05, 0) is 37.3 Å². The van der Waals surface area contributed by atoms with Crippen LogP contribution in [-0.4, -0.2) is 16.9 Å². The van der Waals surface area contributed by atoms with E-state index in [0.717, 1.165) is 18.8 Å². The van der Waals surface area contributed by atoms with Crippen molar-refractivity contribution in [3.05, 3.63) is 30.1 Å². The first-order valence-corrected chi connectivity index (χ1v) is 5.46. The standard InChI is InChI=1S/C12H16N2O/c1-9-4-5-11(7-9)14-12(15)10-3-2-6-13-8-10/h2-3,6,8-9,11H,4-5,7H2,1H3,(H,14,15). The van der Waals surface area contributed by atoms with Crippen molar-refractivity contribution in [3.63, 3.8) is 0 Å². The van der Waals surface area contributed by atoms with E-state index in [-0.39, 0.29) is 5.91 Å². The van der Waals surface area contributed by atoms with E-state index in [1.807, 2.05) is 0 Å². The molecule has 0 aromatic carbocycles. The van der Waals surface area contributed by atoms with Gasteiger partial charge in [0.25, 0.3) is 5.91 Å². The lowest BCUT2D eigenvalue weighted by Crippen LogP contribution is -2.32. The summed E-state index contributed by atoms with van der Waals surface area (Å²) in [7, 11) is 0. The Balaban J connectivity index is 1.93. The number of amides is 1. The average molecular weight is 204 g/mol.